The highest BCUT2D eigenvalue weighted by Gasteiger charge is 2.10. The van der Waals surface area contributed by atoms with Crippen LogP contribution in [0.1, 0.15) is 23.0 Å². The summed E-state index contributed by atoms with van der Waals surface area (Å²) in [6.45, 7) is 4.31. The molecule has 0 amide bonds. The minimum atomic E-state index is -1.11. The van der Waals surface area contributed by atoms with Crippen LogP contribution in [0.3, 0.4) is 0 Å². The predicted molar refractivity (Wildman–Crippen MR) is 68.1 cm³/mol. The summed E-state index contributed by atoms with van der Waals surface area (Å²) in [5, 5.41) is 8.90. The maximum atomic E-state index is 10.9. The molecule has 0 bridgehead atoms. The van der Waals surface area contributed by atoms with E-state index in [1.54, 1.807) is 12.3 Å². The molecule has 0 unspecified atom stereocenters. The summed E-state index contributed by atoms with van der Waals surface area (Å²) in [5.74, 6) is -0.572. The molecule has 0 spiro atoms. The fourth-order valence-electron chi connectivity index (χ4n) is 1.62. The van der Waals surface area contributed by atoms with E-state index in [0.29, 0.717) is 18.2 Å². The van der Waals surface area contributed by atoms with E-state index in [2.05, 4.69) is 15.0 Å². The van der Waals surface area contributed by atoms with Crippen LogP contribution in [-0.4, -0.2) is 32.6 Å². The molecule has 19 heavy (non-hydrogen) atoms. The van der Waals surface area contributed by atoms with Crippen LogP contribution in [0.4, 0.5) is 0 Å². The molecular weight excluding hydrogens is 246 g/mol. The summed E-state index contributed by atoms with van der Waals surface area (Å²) in [5.41, 5.74) is 2.02. The van der Waals surface area contributed by atoms with Gasteiger partial charge in [-0.25, -0.2) is 14.8 Å². The quantitative estimate of drug-likeness (QED) is 0.903. The Bertz CT molecular complexity index is 614. The molecule has 0 atom stereocenters. The van der Waals surface area contributed by atoms with Crippen molar-refractivity contribution in [2.24, 2.45) is 0 Å². The van der Waals surface area contributed by atoms with Crippen LogP contribution in [0, 0.1) is 6.92 Å². The topological polar surface area (TPSA) is 85.2 Å². The van der Waals surface area contributed by atoms with Crippen LogP contribution in [0.25, 0.3) is 11.3 Å². The fourth-order valence-corrected chi connectivity index (χ4v) is 1.62. The second kappa shape index (κ2) is 5.43. The van der Waals surface area contributed by atoms with Crippen molar-refractivity contribution in [2.45, 2.75) is 13.8 Å². The molecule has 2 aromatic rings. The van der Waals surface area contributed by atoms with Gasteiger partial charge in [0.25, 0.3) is 0 Å². The maximum Gasteiger partial charge on any atom is 0.356 e. The van der Waals surface area contributed by atoms with Crippen molar-refractivity contribution in [1.82, 2.24) is 15.0 Å². The van der Waals surface area contributed by atoms with Gasteiger partial charge in [0.2, 0.25) is 5.88 Å². The summed E-state index contributed by atoms with van der Waals surface area (Å²) in [4.78, 5) is 22.9. The van der Waals surface area contributed by atoms with E-state index in [1.165, 1.54) is 12.4 Å². The lowest BCUT2D eigenvalue weighted by molar-refractivity contribution is 0.0690. The largest absolute Gasteiger partial charge is 0.478 e. The van der Waals surface area contributed by atoms with Gasteiger partial charge in [-0.2, -0.15) is 0 Å². The number of hydrogen-bond acceptors (Lipinski definition) is 5. The number of ether oxygens (including phenoxy) is 1. The molecule has 0 saturated heterocycles. The standard InChI is InChI=1S/C13H13N3O3/c1-3-19-12-4-8(2)9(5-15-12)10-6-14-7-11(16-10)13(17)18/h4-7H,3H2,1-2H3,(H,17,18). The SMILES string of the molecule is CCOc1cc(C)c(-c2cncc(C(=O)O)n2)cn1. The van der Waals surface area contributed by atoms with Crippen molar-refractivity contribution < 1.29 is 14.6 Å². The molecule has 0 aliphatic carbocycles. The van der Waals surface area contributed by atoms with E-state index in [9.17, 15) is 4.79 Å². The number of pyridine rings is 1. The van der Waals surface area contributed by atoms with Gasteiger partial charge in [0.05, 0.1) is 24.7 Å². The van der Waals surface area contributed by atoms with Gasteiger partial charge < -0.3 is 9.84 Å². The van der Waals surface area contributed by atoms with Crippen LogP contribution in [0.5, 0.6) is 5.88 Å². The monoisotopic (exact) mass is 259 g/mol. The summed E-state index contributed by atoms with van der Waals surface area (Å²) >= 11 is 0. The summed E-state index contributed by atoms with van der Waals surface area (Å²) in [6, 6.07) is 1.79. The van der Waals surface area contributed by atoms with Gasteiger partial charge in [-0.3, -0.25) is 4.98 Å². The van der Waals surface area contributed by atoms with Gasteiger partial charge >= 0.3 is 5.97 Å². The average Bonchev–Trinajstić information content (AvgIpc) is 2.39. The summed E-state index contributed by atoms with van der Waals surface area (Å²) < 4.78 is 5.30. The molecule has 0 aliphatic heterocycles. The van der Waals surface area contributed by atoms with Gasteiger partial charge in [-0.1, -0.05) is 0 Å². The lowest BCUT2D eigenvalue weighted by Gasteiger charge is -2.07. The first-order chi connectivity index (χ1) is 9.11. The van der Waals surface area contributed by atoms with E-state index < -0.39 is 5.97 Å². The third-order valence-corrected chi connectivity index (χ3v) is 2.51. The molecule has 98 valence electrons. The molecule has 0 radical (unpaired) electrons. The van der Waals surface area contributed by atoms with Crippen LogP contribution in [0.15, 0.2) is 24.7 Å². The van der Waals surface area contributed by atoms with Crippen LogP contribution >= 0.6 is 0 Å². The Hall–Kier alpha value is -2.50. The number of carboxylic acid groups (broad SMARTS) is 1. The molecule has 0 aromatic carbocycles. The molecule has 6 heteroatoms. The highest BCUT2D eigenvalue weighted by Crippen LogP contribution is 2.23. The third-order valence-electron chi connectivity index (χ3n) is 2.51. The Morgan fingerprint density at radius 2 is 2.16 bits per heavy atom. The lowest BCUT2D eigenvalue weighted by atomic mass is 10.1. The van der Waals surface area contributed by atoms with Crippen molar-refractivity contribution in [3.05, 3.63) is 35.9 Å². The first kappa shape index (κ1) is 12.9. The van der Waals surface area contributed by atoms with Crippen molar-refractivity contribution >= 4 is 5.97 Å². The summed E-state index contributed by atoms with van der Waals surface area (Å²) in [7, 11) is 0. The third kappa shape index (κ3) is 2.85. The number of rotatable bonds is 4. The molecule has 0 saturated carbocycles. The lowest BCUT2D eigenvalue weighted by Crippen LogP contribution is -2.03. The smallest absolute Gasteiger partial charge is 0.356 e. The number of nitrogens with zero attached hydrogens (tertiary/aromatic N) is 3. The van der Waals surface area contributed by atoms with E-state index in [1.807, 2.05) is 13.8 Å². The second-order valence-electron chi connectivity index (χ2n) is 3.87. The summed E-state index contributed by atoms with van der Waals surface area (Å²) in [6.07, 6.45) is 4.33. The molecule has 0 aliphatic rings. The molecule has 6 nitrogen and oxygen atoms in total. The first-order valence-corrected chi connectivity index (χ1v) is 5.77. The van der Waals surface area contributed by atoms with Gasteiger partial charge in [0, 0.05) is 17.8 Å². The number of aromatic carboxylic acids is 1. The minimum absolute atomic E-state index is 0.0919. The zero-order valence-corrected chi connectivity index (χ0v) is 10.6. The van der Waals surface area contributed by atoms with E-state index in [-0.39, 0.29) is 5.69 Å². The number of hydrogen-bond donors (Lipinski definition) is 1. The molecule has 1 N–H and O–H groups in total. The van der Waals surface area contributed by atoms with Crippen LogP contribution in [0.2, 0.25) is 0 Å². The van der Waals surface area contributed by atoms with Gasteiger partial charge in [-0.05, 0) is 19.4 Å². The average molecular weight is 259 g/mol. The molecule has 2 aromatic heterocycles. The normalized spacial score (nSPS) is 10.2. The van der Waals surface area contributed by atoms with Crippen molar-refractivity contribution in [2.75, 3.05) is 6.61 Å². The minimum Gasteiger partial charge on any atom is -0.478 e. The molecule has 0 fully saturated rings. The Balaban J connectivity index is 2.41. The van der Waals surface area contributed by atoms with Crippen molar-refractivity contribution in [3.63, 3.8) is 0 Å². The maximum absolute atomic E-state index is 10.9. The van der Waals surface area contributed by atoms with Gasteiger partial charge in [0.1, 0.15) is 0 Å². The van der Waals surface area contributed by atoms with E-state index in [0.717, 1.165) is 11.1 Å². The molecular formula is C13H13N3O3. The van der Waals surface area contributed by atoms with Gasteiger partial charge in [-0.15, -0.1) is 0 Å². The molecule has 2 rings (SSSR count). The zero-order valence-electron chi connectivity index (χ0n) is 10.6. The number of carboxylic acids is 1. The number of carbonyl (C=O) groups is 1. The number of aromatic nitrogens is 3. The molecule has 2 heterocycles. The predicted octanol–water partition coefficient (Wildman–Crippen LogP) is 1.94. The zero-order chi connectivity index (χ0) is 13.8. The van der Waals surface area contributed by atoms with Crippen LogP contribution in [-0.2, 0) is 0 Å². The highest BCUT2D eigenvalue weighted by molar-refractivity contribution is 5.85. The van der Waals surface area contributed by atoms with E-state index in [4.69, 9.17) is 9.84 Å². The van der Waals surface area contributed by atoms with Crippen LogP contribution < -0.4 is 4.74 Å². The highest BCUT2D eigenvalue weighted by atomic mass is 16.5. The fraction of sp³-hybridized carbons (Fsp3) is 0.231. The van der Waals surface area contributed by atoms with Gasteiger partial charge in [0.15, 0.2) is 5.69 Å². The Morgan fingerprint density at radius 1 is 1.37 bits per heavy atom. The van der Waals surface area contributed by atoms with E-state index >= 15 is 0 Å². The Labute approximate surface area is 110 Å². The Morgan fingerprint density at radius 3 is 2.79 bits per heavy atom. The Kier molecular flexibility index (Phi) is 3.70. The second-order valence-corrected chi connectivity index (χ2v) is 3.87. The van der Waals surface area contributed by atoms with Crippen molar-refractivity contribution in [3.8, 4) is 17.1 Å². The number of aryl methyl sites for hydroxylation is 1. The first-order valence-electron chi connectivity index (χ1n) is 5.77. The van der Waals surface area contributed by atoms with Crippen molar-refractivity contribution in [1.29, 1.82) is 0 Å².